The Morgan fingerprint density at radius 2 is 1.95 bits per heavy atom. The van der Waals surface area contributed by atoms with Crippen molar-refractivity contribution in [2.45, 2.75) is 30.6 Å². The van der Waals surface area contributed by atoms with Crippen LogP contribution in [0, 0.1) is 0 Å². The van der Waals surface area contributed by atoms with Gasteiger partial charge < -0.3 is 4.57 Å². The Morgan fingerprint density at radius 1 is 1.15 bits per heavy atom. The number of hydrogen-bond acceptors (Lipinski definition) is 3. The molecule has 2 aromatic rings. The predicted octanol–water partition coefficient (Wildman–Crippen LogP) is 1.78. The molecule has 2 fully saturated rings. The van der Waals surface area contributed by atoms with Crippen LogP contribution in [0.25, 0.3) is 11.0 Å². The Hall–Kier alpha value is -1.40. The monoisotopic (exact) mass is 291 g/mol. The van der Waals surface area contributed by atoms with Gasteiger partial charge in [0.05, 0.1) is 28.7 Å². The first-order chi connectivity index (χ1) is 9.66. The molecule has 0 amide bonds. The van der Waals surface area contributed by atoms with E-state index in [9.17, 15) is 8.42 Å². The number of hydrogen-bond donors (Lipinski definition) is 0. The fraction of sp³-hybridized carbons (Fsp3) is 0.500. The summed E-state index contributed by atoms with van der Waals surface area (Å²) in [5.41, 5.74) is 2.05. The maximum absolute atomic E-state index is 12.3. The van der Waals surface area contributed by atoms with E-state index in [2.05, 4.69) is 9.55 Å². The van der Waals surface area contributed by atoms with Crippen molar-refractivity contribution in [1.82, 2.24) is 13.9 Å². The SMILES string of the molecule is O=S(=O)(C1CC1)N1CCC(n2cnc3ccccc32)C1. The number of benzene rings is 1. The van der Waals surface area contributed by atoms with E-state index < -0.39 is 10.0 Å². The van der Waals surface area contributed by atoms with Gasteiger partial charge in [0.2, 0.25) is 10.0 Å². The number of para-hydroxylation sites is 2. The standard InChI is InChI=1S/C14H17N3O2S/c18-20(19,12-5-6-12)16-8-7-11(9-16)17-10-15-13-3-1-2-4-14(13)17/h1-4,10-12H,5-9H2. The number of sulfonamides is 1. The molecule has 1 atom stereocenters. The Balaban J connectivity index is 1.62. The topological polar surface area (TPSA) is 55.2 Å². The van der Waals surface area contributed by atoms with Gasteiger partial charge in [0, 0.05) is 13.1 Å². The normalized spacial score (nSPS) is 24.5. The molecular formula is C14H17N3O2S. The molecule has 6 heteroatoms. The molecule has 2 aliphatic rings. The second kappa shape index (κ2) is 4.30. The molecule has 1 aromatic heterocycles. The average molecular weight is 291 g/mol. The molecule has 1 saturated carbocycles. The maximum atomic E-state index is 12.3. The summed E-state index contributed by atoms with van der Waals surface area (Å²) in [5, 5.41) is -0.110. The summed E-state index contributed by atoms with van der Waals surface area (Å²) in [7, 11) is -3.04. The Bertz CT molecular complexity index is 749. The number of imidazole rings is 1. The lowest BCUT2D eigenvalue weighted by Crippen LogP contribution is -2.32. The van der Waals surface area contributed by atoms with Crippen molar-refractivity contribution >= 4 is 21.1 Å². The van der Waals surface area contributed by atoms with Crippen molar-refractivity contribution in [1.29, 1.82) is 0 Å². The van der Waals surface area contributed by atoms with E-state index in [1.807, 2.05) is 30.6 Å². The third-order valence-electron chi connectivity index (χ3n) is 4.31. The van der Waals surface area contributed by atoms with Gasteiger partial charge in [0.1, 0.15) is 0 Å². The highest BCUT2D eigenvalue weighted by molar-refractivity contribution is 7.90. The van der Waals surface area contributed by atoms with Crippen LogP contribution in [-0.2, 0) is 10.0 Å². The Kier molecular flexibility index (Phi) is 2.65. The minimum absolute atomic E-state index is 0.110. The predicted molar refractivity (Wildman–Crippen MR) is 76.9 cm³/mol. The van der Waals surface area contributed by atoms with Crippen molar-refractivity contribution in [2.24, 2.45) is 0 Å². The largest absolute Gasteiger partial charge is 0.326 e. The van der Waals surface area contributed by atoms with Gasteiger partial charge in [0.25, 0.3) is 0 Å². The fourth-order valence-corrected chi connectivity index (χ4v) is 4.91. The summed E-state index contributed by atoms with van der Waals surface area (Å²) in [6.45, 7) is 1.22. The smallest absolute Gasteiger partial charge is 0.217 e. The highest BCUT2D eigenvalue weighted by Crippen LogP contribution is 2.35. The minimum atomic E-state index is -3.04. The molecule has 5 nitrogen and oxygen atoms in total. The summed E-state index contributed by atoms with van der Waals surface area (Å²) < 4.78 is 28.3. The van der Waals surface area contributed by atoms with E-state index in [0.717, 1.165) is 30.3 Å². The van der Waals surface area contributed by atoms with Crippen LogP contribution in [0.15, 0.2) is 30.6 Å². The molecule has 0 bridgehead atoms. The van der Waals surface area contributed by atoms with Crippen LogP contribution in [0.5, 0.6) is 0 Å². The third-order valence-corrected chi connectivity index (χ3v) is 6.67. The van der Waals surface area contributed by atoms with Crippen molar-refractivity contribution in [3.63, 3.8) is 0 Å². The molecule has 4 rings (SSSR count). The molecule has 0 spiro atoms. The molecule has 0 radical (unpaired) electrons. The average Bonchev–Trinajstić information content (AvgIpc) is 3.05. The zero-order valence-electron chi connectivity index (χ0n) is 11.1. The fourth-order valence-electron chi connectivity index (χ4n) is 3.01. The van der Waals surface area contributed by atoms with E-state index in [4.69, 9.17) is 0 Å². The van der Waals surface area contributed by atoms with Crippen molar-refractivity contribution in [3.05, 3.63) is 30.6 Å². The van der Waals surface area contributed by atoms with E-state index in [0.29, 0.717) is 13.1 Å². The lowest BCUT2D eigenvalue weighted by molar-refractivity contribution is 0.454. The molecule has 106 valence electrons. The molecule has 1 aliphatic carbocycles. The van der Waals surface area contributed by atoms with Gasteiger partial charge in [0.15, 0.2) is 0 Å². The van der Waals surface area contributed by atoms with Crippen LogP contribution in [0.1, 0.15) is 25.3 Å². The highest BCUT2D eigenvalue weighted by atomic mass is 32.2. The van der Waals surface area contributed by atoms with Gasteiger partial charge in [-0.25, -0.2) is 13.4 Å². The van der Waals surface area contributed by atoms with Gasteiger partial charge in [-0.05, 0) is 31.4 Å². The van der Waals surface area contributed by atoms with Crippen LogP contribution in [0.4, 0.5) is 0 Å². The van der Waals surface area contributed by atoms with Gasteiger partial charge in [-0.2, -0.15) is 4.31 Å². The summed E-state index contributed by atoms with van der Waals surface area (Å²) in [5.74, 6) is 0. The third kappa shape index (κ3) is 1.86. The Morgan fingerprint density at radius 3 is 2.75 bits per heavy atom. The zero-order chi connectivity index (χ0) is 13.7. The van der Waals surface area contributed by atoms with Crippen LogP contribution in [0.3, 0.4) is 0 Å². The lowest BCUT2D eigenvalue weighted by atomic mass is 10.2. The molecule has 1 unspecified atom stereocenters. The number of nitrogens with zero attached hydrogens (tertiary/aromatic N) is 3. The molecule has 2 heterocycles. The van der Waals surface area contributed by atoms with Crippen LogP contribution in [-0.4, -0.2) is 40.6 Å². The van der Waals surface area contributed by atoms with Crippen LogP contribution in [0.2, 0.25) is 0 Å². The van der Waals surface area contributed by atoms with E-state index >= 15 is 0 Å². The molecular weight excluding hydrogens is 274 g/mol. The first kappa shape index (κ1) is 12.3. The van der Waals surface area contributed by atoms with Gasteiger partial charge in [-0.1, -0.05) is 12.1 Å². The quantitative estimate of drug-likeness (QED) is 0.866. The maximum Gasteiger partial charge on any atom is 0.217 e. The van der Waals surface area contributed by atoms with E-state index in [-0.39, 0.29) is 11.3 Å². The number of aromatic nitrogens is 2. The Labute approximate surface area is 118 Å². The van der Waals surface area contributed by atoms with Gasteiger partial charge in [-0.15, -0.1) is 0 Å². The highest BCUT2D eigenvalue weighted by Gasteiger charge is 2.43. The van der Waals surface area contributed by atoms with E-state index in [1.165, 1.54) is 0 Å². The summed E-state index contributed by atoms with van der Waals surface area (Å²) >= 11 is 0. The van der Waals surface area contributed by atoms with Crippen LogP contribution < -0.4 is 0 Å². The number of fused-ring (bicyclic) bond motifs is 1. The lowest BCUT2D eigenvalue weighted by Gasteiger charge is -2.17. The van der Waals surface area contributed by atoms with Crippen LogP contribution >= 0.6 is 0 Å². The molecule has 20 heavy (non-hydrogen) atoms. The van der Waals surface area contributed by atoms with Gasteiger partial charge in [-0.3, -0.25) is 0 Å². The number of rotatable bonds is 3. The van der Waals surface area contributed by atoms with Crippen molar-refractivity contribution in [2.75, 3.05) is 13.1 Å². The summed E-state index contributed by atoms with van der Waals surface area (Å²) in [6.07, 6.45) is 4.36. The summed E-state index contributed by atoms with van der Waals surface area (Å²) in [4.78, 5) is 4.39. The second-order valence-corrected chi connectivity index (χ2v) is 7.90. The first-order valence-electron chi connectivity index (χ1n) is 7.07. The first-order valence-corrected chi connectivity index (χ1v) is 8.57. The van der Waals surface area contributed by atoms with Crippen molar-refractivity contribution in [3.8, 4) is 0 Å². The van der Waals surface area contributed by atoms with E-state index in [1.54, 1.807) is 4.31 Å². The zero-order valence-corrected chi connectivity index (χ0v) is 12.0. The van der Waals surface area contributed by atoms with Crippen molar-refractivity contribution < 1.29 is 8.42 Å². The molecule has 1 saturated heterocycles. The minimum Gasteiger partial charge on any atom is -0.326 e. The second-order valence-electron chi connectivity index (χ2n) is 5.69. The molecule has 1 aliphatic heterocycles. The van der Waals surface area contributed by atoms with Gasteiger partial charge >= 0.3 is 0 Å². The molecule has 1 aromatic carbocycles. The summed E-state index contributed by atoms with van der Waals surface area (Å²) in [6, 6.07) is 8.20. The molecule has 0 N–H and O–H groups in total.